The van der Waals surface area contributed by atoms with Crippen LogP contribution >= 0.6 is 0 Å². The Kier molecular flexibility index (Phi) is 3.03. The van der Waals surface area contributed by atoms with Crippen molar-refractivity contribution in [3.05, 3.63) is 65.7 Å². The Morgan fingerprint density at radius 1 is 1.00 bits per heavy atom. The van der Waals surface area contributed by atoms with Crippen LogP contribution in [0.1, 0.15) is 31.0 Å². The quantitative estimate of drug-likeness (QED) is 0.852. The molecule has 3 rings (SSSR count). The first-order valence-electron chi connectivity index (χ1n) is 6.83. The van der Waals surface area contributed by atoms with Crippen LogP contribution in [0.3, 0.4) is 0 Å². The minimum absolute atomic E-state index is 0.0471. The van der Waals surface area contributed by atoms with Crippen molar-refractivity contribution in [1.82, 2.24) is 5.32 Å². The number of anilines is 1. The summed E-state index contributed by atoms with van der Waals surface area (Å²) in [6, 6.07) is 19.4. The van der Waals surface area contributed by atoms with Gasteiger partial charge in [-0.1, -0.05) is 42.5 Å². The molecule has 2 N–H and O–H groups in total. The van der Waals surface area contributed by atoms with E-state index in [1.54, 1.807) is 0 Å². The minimum atomic E-state index is 0.0471. The Hall–Kier alpha value is -1.80. The van der Waals surface area contributed by atoms with E-state index in [1.807, 2.05) is 6.07 Å². The number of hydrogen-bond acceptors (Lipinski definition) is 2. The van der Waals surface area contributed by atoms with Crippen LogP contribution in [-0.4, -0.2) is 6.54 Å². The molecule has 2 aromatic carbocycles. The molecule has 0 spiro atoms. The van der Waals surface area contributed by atoms with Gasteiger partial charge in [0, 0.05) is 17.8 Å². The van der Waals surface area contributed by atoms with Crippen LogP contribution in [0.15, 0.2) is 54.6 Å². The molecule has 0 saturated carbocycles. The number of hydrogen-bond donors (Lipinski definition) is 2. The van der Waals surface area contributed by atoms with Gasteiger partial charge in [0.1, 0.15) is 0 Å². The Labute approximate surface area is 114 Å². The van der Waals surface area contributed by atoms with E-state index in [4.69, 9.17) is 0 Å². The molecule has 1 heterocycles. The molecule has 0 fully saturated rings. The monoisotopic (exact) mass is 252 g/mol. The molecule has 0 radical (unpaired) electrons. The third-order valence-electron chi connectivity index (χ3n) is 3.87. The molecule has 0 amide bonds. The summed E-state index contributed by atoms with van der Waals surface area (Å²) in [5, 5.41) is 7.23. The van der Waals surface area contributed by atoms with Gasteiger partial charge >= 0.3 is 0 Å². The summed E-state index contributed by atoms with van der Waals surface area (Å²) in [5.41, 5.74) is 4.00. The van der Waals surface area contributed by atoms with E-state index >= 15 is 0 Å². The summed E-state index contributed by atoms with van der Waals surface area (Å²) in [4.78, 5) is 0. The molecule has 2 heteroatoms. The highest BCUT2D eigenvalue weighted by molar-refractivity contribution is 5.48. The van der Waals surface area contributed by atoms with Gasteiger partial charge in [-0.15, -0.1) is 0 Å². The van der Waals surface area contributed by atoms with E-state index in [1.165, 1.54) is 16.8 Å². The zero-order valence-corrected chi connectivity index (χ0v) is 11.5. The molecule has 1 aliphatic rings. The second kappa shape index (κ2) is 4.71. The maximum Gasteiger partial charge on any atom is 0.0642 e. The fourth-order valence-corrected chi connectivity index (χ4v) is 2.80. The molecular formula is C17H20N2. The van der Waals surface area contributed by atoms with Gasteiger partial charge in [0.2, 0.25) is 0 Å². The molecular weight excluding hydrogens is 232 g/mol. The molecule has 2 nitrogen and oxygen atoms in total. The van der Waals surface area contributed by atoms with E-state index in [2.05, 4.69) is 73.0 Å². The van der Waals surface area contributed by atoms with Crippen LogP contribution in [0.5, 0.6) is 0 Å². The van der Waals surface area contributed by atoms with Gasteiger partial charge in [-0.2, -0.15) is 0 Å². The predicted molar refractivity (Wildman–Crippen MR) is 80.3 cm³/mol. The summed E-state index contributed by atoms with van der Waals surface area (Å²) >= 11 is 0. The van der Waals surface area contributed by atoms with Gasteiger partial charge in [0.25, 0.3) is 0 Å². The summed E-state index contributed by atoms with van der Waals surface area (Å²) in [6.45, 7) is 5.42. The van der Waals surface area contributed by atoms with E-state index < -0.39 is 0 Å². The summed E-state index contributed by atoms with van der Waals surface area (Å²) in [5.74, 6) is 0. The van der Waals surface area contributed by atoms with Crippen molar-refractivity contribution in [3.8, 4) is 0 Å². The smallest absolute Gasteiger partial charge is 0.0642 e. The average molecular weight is 252 g/mol. The van der Waals surface area contributed by atoms with Crippen molar-refractivity contribution >= 4 is 5.69 Å². The zero-order chi connectivity index (χ0) is 13.3. The van der Waals surface area contributed by atoms with Gasteiger partial charge in [-0.25, -0.2) is 0 Å². The highest BCUT2D eigenvalue weighted by Gasteiger charge is 2.31. The standard InChI is InChI=1S/C17H20N2/c1-17(2)15-11-7-6-10-14(15)16(12-18-17)19-13-8-4-3-5-9-13/h3-11,16,18-19H,12H2,1-2H3. The second-order valence-electron chi connectivity index (χ2n) is 5.66. The lowest BCUT2D eigenvalue weighted by molar-refractivity contribution is 0.363. The van der Waals surface area contributed by atoms with Crippen LogP contribution in [-0.2, 0) is 5.54 Å². The first-order valence-corrected chi connectivity index (χ1v) is 6.83. The van der Waals surface area contributed by atoms with Crippen LogP contribution in [0.4, 0.5) is 5.69 Å². The molecule has 0 aliphatic carbocycles. The third-order valence-corrected chi connectivity index (χ3v) is 3.87. The van der Waals surface area contributed by atoms with Gasteiger partial charge in [0.15, 0.2) is 0 Å². The lowest BCUT2D eigenvalue weighted by Gasteiger charge is -2.39. The van der Waals surface area contributed by atoms with Crippen molar-refractivity contribution in [2.24, 2.45) is 0 Å². The molecule has 1 atom stereocenters. The highest BCUT2D eigenvalue weighted by atomic mass is 15.0. The molecule has 19 heavy (non-hydrogen) atoms. The maximum atomic E-state index is 3.62. The highest BCUT2D eigenvalue weighted by Crippen LogP contribution is 2.34. The number of para-hydroxylation sites is 1. The lowest BCUT2D eigenvalue weighted by Crippen LogP contribution is -2.46. The zero-order valence-electron chi connectivity index (χ0n) is 11.5. The van der Waals surface area contributed by atoms with Crippen LogP contribution in [0, 0.1) is 0 Å². The Balaban J connectivity index is 1.93. The molecule has 0 saturated heterocycles. The topological polar surface area (TPSA) is 24.1 Å². The predicted octanol–water partition coefficient (Wildman–Crippen LogP) is 3.68. The van der Waals surface area contributed by atoms with Crippen LogP contribution in [0.2, 0.25) is 0 Å². The minimum Gasteiger partial charge on any atom is -0.377 e. The SMILES string of the molecule is CC1(C)NCC(Nc2ccccc2)c2ccccc21. The maximum absolute atomic E-state index is 3.62. The van der Waals surface area contributed by atoms with E-state index in [9.17, 15) is 0 Å². The summed E-state index contributed by atoms with van der Waals surface area (Å²) in [6.07, 6.45) is 0. The summed E-state index contributed by atoms with van der Waals surface area (Å²) in [7, 11) is 0. The molecule has 1 unspecified atom stereocenters. The number of benzene rings is 2. The lowest BCUT2D eigenvalue weighted by atomic mass is 9.83. The third kappa shape index (κ3) is 2.36. The fourth-order valence-electron chi connectivity index (χ4n) is 2.80. The van der Waals surface area contributed by atoms with Crippen molar-refractivity contribution in [1.29, 1.82) is 0 Å². The van der Waals surface area contributed by atoms with E-state index in [0.29, 0.717) is 6.04 Å². The number of fused-ring (bicyclic) bond motifs is 1. The van der Waals surface area contributed by atoms with Gasteiger partial charge in [-0.05, 0) is 37.1 Å². The van der Waals surface area contributed by atoms with Crippen molar-refractivity contribution in [2.45, 2.75) is 25.4 Å². The van der Waals surface area contributed by atoms with E-state index in [-0.39, 0.29) is 5.54 Å². The Morgan fingerprint density at radius 3 is 2.47 bits per heavy atom. The van der Waals surface area contributed by atoms with Gasteiger partial charge in [0.05, 0.1) is 6.04 Å². The first kappa shape index (κ1) is 12.2. The second-order valence-corrected chi connectivity index (χ2v) is 5.66. The van der Waals surface area contributed by atoms with Crippen LogP contribution < -0.4 is 10.6 Å². The first-order chi connectivity index (χ1) is 9.17. The normalized spacial score (nSPS) is 20.6. The molecule has 2 aromatic rings. The van der Waals surface area contributed by atoms with Crippen molar-refractivity contribution in [2.75, 3.05) is 11.9 Å². The largest absolute Gasteiger partial charge is 0.377 e. The number of rotatable bonds is 2. The summed E-state index contributed by atoms with van der Waals surface area (Å²) < 4.78 is 0. The molecule has 98 valence electrons. The number of nitrogens with one attached hydrogen (secondary N) is 2. The van der Waals surface area contributed by atoms with Gasteiger partial charge in [-0.3, -0.25) is 0 Å². The van der Waals surface area contributed by atoms with Crippen molar-refractivity contribution < 1.29 is 0 Å². The van der Waals surface area contributed by atoms with E-state index in [0.717, 1.165) is 6.54 Å². The Morgan fingerprint density at radius 2 is 1.68 bits per heavy atom. The molecule has 1 aliphatic heterocycles. The van der Waals surface area contributed by atoms with Gasteiger partial charge < -0.3 is 10.6 Å². The van der Waals surface area contributed by atoms with Crippen molar-refractivity contribution in [3.63, 3.8) is 0 Å². The molecule has 0 aromatic heterocycles. The Bertz CT molecular complexity index is 560. The average Bonchev–Trinajstić information content (AvgIpc) is 2.44. The van der Waals surface area contributed by atoms with Crippen LogP contribution in [0.25, 0.3) is 0 Å². The fraction of sp³-hybridized carbons (Fsp3) is 0.294. The molecule has 0 bridgehead atoms.